The fraction of sp³-hybridized carbons (Fsp3) is 0.722. The molecular weight excluding hydrogens is 410 g/mol. The van der Waals surface area contributed by atoms with E-state index in [0.717, 1.165) is 5.01 Å². The summed E-state index contributed by atoms with van der Waals surface area (Å²) in [7, 11) is 1.19. The number of nitrogens with zero attached hydrogens (tertiary/aromatic N) is 5. The lowest BCUT2D eigenvalue weighted by Gasteiger charge is -2.32. The molecule has 0 saturated carbocycles. The van der Waals surface area contributed by atoms with Crippen LogP contribution in [0.1, 0.15) is 47.5 Å². The van der Waals surface area contributed by atoms with Crippen LogP contribution in [0.4, 0.5) is 4.79 Å². The second-order valence-corrected chi connectivity index (χ2v) is 7.90. The maximum atomic E-state index is 13.1. The molecule has 0 aromatic heterocycles. The zero-order valence-electron chi connectivity index (χ0n) is 18.5. The highest BCUT2D eigenvalue weighted by atomic mass is 16.6. The number of hydrogen-bond donors (Lipinski definition) is 2. The molecule has 0 aromatic rings. The molecule has 0 radical (unpaired) electrons. The van der Waals surface area contributed by atoms with E-state index in [1.54, 1.807) is 20.8 Å². The fourth-order valence-corrected chi connectivity index (χ4v) is 2.65. The number of ether oxygens (including phenoxy) is 2. The first-order chi connectivity index (χ1) is 14.4. The van der Waals surface area contributed by atoms with Gasteiger partial charge in [0.25, 0.3) is 5.91 Å². The van der Waals surface area contributed by atoms with Crippen LogP contribution in [0.5, 0.6) is 0 Å². The second-order valence-electron chi connectivity index (χ2n) is 7.90. The minimum absolute atomic E-state index is 0.287. The predicted molar refractivity (Wildman–Crippen MR) is 110 cm³/mol. The van der Waals surface area contributed by atoms with E-state index in [1.807, 2.05) is 0 Å². The minimum Gasteiger partial charge on any atom is -0.467 e. The van der Waals surface area contributed by atoms with Crippen LogP contribution in [0, 0.1) is 0 Å². The Hall–Kier alpha value is -3.34. The summed E-state index contributed by atoms with van der Waals surface area (Å²) in [5.74, 6) is -2.14. The molecule has 0 aliphatic carbocycles. The Morgan fingerprint density at radius 2 is 1.90 bits per heavy atom. The highest BCUT2D eigenvalue weighted by Gasteiger charge is 2.39. The summed E-state index contributed by atoms with van der Waals surface area (Å²) in [6.07, 6.45) is 1.40. The largest absolute Gasteiger partial charge is 0.467 e. The van der Waals surface area contributed by atoms with E-state index in [2.05, 4.69) is 25.8 Å². The van der Waals surface area contributed by atoms with Gasteiger partial charge in [-0.1, -0.05) is 12.0 Å². The highest BCUT2D eigenvalue weighted by molar-refractivity contribution is 5.94. The Bertz CT molecular complexity index is 772. The Balaban J connectivity index is 3.02. The van der Waals surface area contributed by atoms with E-state index in [9.17, 15) is 19.2 Å². The van der Waals surface area contributed by atoms with Gasteiger partial charge in [0.2, 0.25) is 5.91 Å². The van der Waals surface area contributed by atoms with Crippen LogP contribution >= 0.6 is 0 Å². The Labute approximate surface area is 180 Å². The number of nitrogens with one attached hydrogen (secondary N) is 2. The maximum Gasteiger partial charge on any atom is 0.408 e. The van der Waals surface area contributed by atoms with Crippen LogP contribution in [0.3, 0.4) is 0 Å². The third-order valence-corrected chi connectivity index (χ3v) is 4.18. The first kappa shape index (κ1) is 25.7. The molecule has 1 aliphatic heterocycles. The number of azide groups is 1. The van der Waals surface area contributed by atoms with Crippen molar-refractivity contribution in [3.05, 3.63) is 10.4 Å². The monoisotopic (exact) mass is 439 g/mol. The van der Waals surface area contributed by atoms with Crippen molar-refractivity contribution in [3.8, 4) is 0 Å². The van der Waals surface area contributed by atoms with Crippen molar-refractivity contribution in [1.82, 2.24) is 15.6 Å². The molecule has 13 nitrogen and oxygen atoms in total. The summed E-state index contributed by atoms with van der Waals surface area (Å²) in [6, 6.07) is -4.39. The summed E-state index contributed by atoms with van der Waals surface area (Å²) >= 11 is 0. The van der Waals surface area contributed by atoms with Gasteiger partial charge in [-0.15, -0.1) is 0 Å². The maximum absolute atomic E-state index is 13.1. The minimum atomic E-state index is -1.34. The molecule has 31 heavy (non-hydrogen) atoms. The number of methoxy groups -OCH3 is 1. The molecule has 3 amide bonds. The molecular formula is C18H29N7O6. The molecule has 1 rings (SSSR count). The van der Waals surface area contributed by atoms with Gasteiger partial charge in [-0.25, -0.2) is 14.6 Å². The van der Waals surface area contributed by atoms with Gasteiger partial charge in [-0.2, -0.15) is 5.10 Å². The first-order valence-electron chi connectivity index (χ1n) is 9.68. The number of rotatable bonds is 7. The number of hydrazone groups is 1. The van der Waals surface area contributed by atoms with Crippen LogP contribution in [0.25, 0.3) is 10.4 Å². The predicted octanol–water partition coefficient (Wildman–Crippen LogP) is 1.23. The molecule has 1 unspecified atom stereocenters. The molecule has 0 fully saturated rings. The quantitative estimate of drug-likeness (QED) is 0.261. The lowest BCUT2D eigenvalue weighted by Crippen LogP contribution is -2.58. The van der Waals surface area contributed by atoms with Crippen LogP contribution < -0.4 is 10.6 Å². The number of amides is 3. The molecule has 0 bridgehead atoms. The van der Waals surface area contributed by atoms with E-state index in [1.165, 1.54) is 27.2 Å². The molecule has 13 heteroatoms. The van der Waals surface area contributed by atoms with E-state index < -0.39 is 53.6 Å². The fourth-order valence-electron chi connectivity index (χ4n) is 2.65. The molecule has 0 saturated heterocycles. The summed E-state index contributed by atoms with van der Waals surface area (Å²) < 4.78 is 9.83. The van der Waals surface area contributed by atoms with E-state index >= 15 is 0 Å². The van der Waals surface area contributed by atoms with Gasteiger partial charge in [-0.3, -0.25) is 9.59 Å². The van der Waals surface area contributed by atoms with Gasteiger partial charge in [0.15, 0.2) is 6.04 Å². The van der Waals surface area contributed by atoms with Crippen molar-refractivity contribution >= 4 is 30.1 Å². The van der Waals surface area contributed by atoms with Crippen molar-refractivity contribution in [2.24, 2.45) is 10.2 Å². The molecule has 4 atom stereocenters. The van der Waals surface area contributed by atoms with Gasteiger partial charge in [0.1, 0.15) is 17.7 Å². The van der Waals surface area contributed by atoms with Crippen molar-refractivity contribution in [2.75, 3.05) is 7.11 Å². The van der Waals surface area contributed by atoms with Crippen molar-refractivity contribution in [2.45, 2.75) is 77.2 Å². The Morgan fingerprint density at radius 1 is 1.26 bits per heavy atom. The van der Waals surface area contributed by atoms with Gasteiger partial charge in [0.05, 0.1) is 13.2 Å². The zero-order chi connectivity index (χ0) is 23.8. The van der Waals surface area contributed by atoms with Crippen LogP contribution in [-0.4, -0.2) is 72.0 Å². The van der Waals surface area contributed by atoms with Crippen LogP contribution in [0.2, 0.25) is 0 Å². The molecule has 1 aliphatic rings. The molecule has 0 aromatic carbocycles. The smallest absolute Gasteiger partial charge is 0.408 e. The summed E-state index contributed by atoms with van der Waals surface area (Å²) in [5.41, 5.74) is 8.01. The number of carbonyl (C=O) groups excluding carboxylic acids is 4. The summed E-state index contributed by atoms with van der Waals surface area (Å²) in [5, 5.41) is 13.2. The van der Waals surface area contributed by atoms with E-state index in [-0.39, 0.29) is 6.42 Å². The third kappa shape index (κ3) is 7.78. The average Bonchev–Trinajstić information content (AvgIpc) is 2.69. The summed E-state index contributed by atoms with van der Waals surface area (Å²) in [6.45, 7) is 7.84. The number of hydrogen-bond acceptors (Lipinski definition) is 8. The number of alkyl carbamates (subject to hydrolysis) is 1. The van der Waals surface area contributed by atoms with Crippen molar-refractivity contribution < 1.29 is 28.7 Å². The average molecular weight is 439 g/mol. The molecule has 2 N–H and O–H groups in total. The lowest BCUT2D eigenvalue weighted by molar-refractivity contribution is -0.154. The SMILES string of the molecule is COC(=O)C1CCC=NN1C(=O)[C@@H](NC(=O)[C@H](C)NC(=O)OC(C)(C)C)[C@H](C)N=[N+]=[N-]. The Morgan fingerprint density at radius 3 is 2.45 bits per heavy atom. The normalized spacial score (nSPS) is 18.6. The van der Waals surface area contributed by atoms with Gasteiger partial charge in [0, 0.05) is 11.1 Å². The van der Waals surface area contributed by atoms with E-state index in [4.69, 9.17) is 15.0 Å². The van der Waals surface area contributed by atoms with Gasteiger partial charge >= 0.3 is 12.1 Å². The molecule has 172 valence electrons. The summed E-state index contributed by atoms with van der Waals surface area (Å²) in [4.78, 5) is 52.3. The Kier molecular flexibility index (Phi) is 9.25. The zero-order valence-corrected chi connectivity index (χ0v) is 18.5. The van der Waals surface area contributed by atoms with E-state index in [0.29, 0.717) is 6.42 Å². The van der Waals surface area contributed by atoms with Crippen LogP contribution in [-0.2, 0) is 23.9 Å². The standard InChI is InChI=1S/C18H29N7O6/c1-10(23-24-19)13(15(27)25-12(16(28)30-6)8-7-9-20-25)22-14(26)11(2)21-17(29)31-18(3,4)5/h9-13H,7-8H2,1-6H3,(H,21,29)(H,22,26)/t10-,11-,12?,13-/m0/s1. The van der Waals surface area contributed by atoms with Crippen LogP contribution in [0.15, 0.2) is 10.2 Å². The highest BCUT2D eigenvalue weighted by Crippen LogP contribution is 2.17. The topological polar surface area (TPSA) is 175 Å². The number of carbonyl (C=O) groups is 4. The second kappa shape index (κ2) is 11.2. The molecule has 1 heterocycles. The third-order valence-electron chi connectivity index (χ3n) is 4.18. The first-order valence-corrected chi connectivity index (χ1v) is 9.68. The molecule has 0 spiro atoms. The lowest BCUT2D eigenvalue weighted by atomic mass is 10.1. The van der Waals surface area contributed by atoms with Gasteiger partial charge < -0.3 is 20.1 Å². The van der Waals surface area contributed by atoms with Crippen molar-refractivity contribution in [1.29, 1.82) is 0 Å². The number of esters is 1. The van der Waals surface area contributed by atoms with Gasteiger partial charge in [-0.05, 0) is 46.1 Å². The van der Waals surface area contributed by atoms with Crippen molar-refractivity contribution in [3.63, 3.8) is 0 Å².